The van der Waals surface area contributed by atoms with Gasteiger partial charge in [0.05, 0.1) is 17.1 Å². The molecule has 0 radical (unpaired) electrons. The molecule has 0 aromatic carbocycles. The van der Waals surface area contributed by atoms with E-state index in [0.717, 1.165) is 58.2 Å². The summed E-state index contributed by atoms with van der Waals surface area (Å²) in [6, 6.07) is 2.54. The van der Waals surface area contributed by atoms with Crippen LogP contribution in [0.15, 0.2) is 0 Å². The monoisotopic (exact) mass is 234 g/mol. The highest BCUT2D eigenvalue weighted by molar-refractivity contribution is 5.17. The molecule has 0 spiro atoms. The van der Waals surface area contributed by atoms with Crippen LogP contribution >= 0.6 is 0 Å². The molecule has 2 bridgehead atoms. The van der Waals surface area contributed by atoms with Crippen LogP contribution in [0.2, 0.25) is 0 Å². The number of aliphatic hydroxyl groups is 1. The molecule has 0 aromatic rings. The van der Waals surface area contributed by atoms with Crippen LogP contribution in [0.5, 0.6) is 0 Å². The number of rotatable bonds is 1. The van der Waals surface area contributed by atoms with Crippen molar-refractivity contribution in [1.29, 1.82) is 5.26 Å². The van der Waals surface area contributed by atoms with Crippen molar-refractivity contribution in [2.24, 2.45) is 11.3 Å². The SMILES string of the molecule is N#CC1(C2(O)CCN3CCC2C3)CCCCC1. The van der Waals surface area contributed by atoms with Crippen LogP contribution in [0.3, 0.4) is 0 Å². The minimum Gasteiger partial charge on any atom is -0.388 e. The molecule has 3 nitrogen and oxygen atoms in total. The minimum absolute atomic E-state index is 0.342. The molecule has 3 unspecified atom stereocenters. The van der Waals surface area contributed by atoms with Crippen LogP contribution in [-0.4, -0.2) is 35.2 Å². The summed E-state index contributed by atoms with van der Waals surface area (Å²) in [6.07, 6.45) is 7.19. The van der Waals surface area contributed by atoms with Crippen molar-refractivity contribution in [2.45, 2.75) is 50.5 Å². The second-order valence-corrected chi connectivity index (χ2v) is 6.22. The van der Waals surface area contributed by atoms with Crippen LogP contribution in [0.25, 0.3) is 0 Å². The quantitative estimate of drug-likeness (QED) is 0.754. The van der Waals surface area contributed by atoms with Crippen LogP contribution in [0.4, 0.5) is 0 Å². The van der Waals surface area contributed by atoms with Crippen molar-refractivity contribution in [2.75, 3.05) is 19.6 Å². The zero-order chi connectivity index (χ0) is 11.9. The number of nitriles is 1. The van der Waals surface area contributed by atoms with E-state index in [1.165, 1.54) is 6.42 Å². The molecule has 1 N–H and O–H groups in total. The number of hydrogen-bond donors (Lipinski definition) is 1. The normalized spacial score (nSPS) is 44.2. The molecule has 2 saturated heterocycles. The fourth-order valence-electron chi connectivity index (χ4n) is 4.39. The van der Waals surface area contributed by atoms with Gasteiger partial charge in [0.15, 0.2) is 0 Å². The maximum Gasteiger partial charge on any atom is 0.0886 e. The Hall–Kier alpha value is -0.590. The summed E-state index contributed by atoms with van der Waals surface area (Å²) in [6.45, 7) is 3.12. The summed E-state index contributed by atoms with van der Waals surface area (Å²) >= 11 is 0. The Bertz CT molecular complexity index is 343. The second-order valence-electron chi connectivity index (χ2n) is 6.22. The van der Waals surface area contributed by atoms with Crippen LogP contribution in [-0.2, 0) is 0 Å². The maximum atomic E-state index is 11.2. The topological polar surface area (TPSA) is 47.3 Å². The molecule has 2 heterocycles. The third-order valence-electron chi connectivity index (χ3n) is 5.51. The molecule has 0 amide bonds. The van der Waals surface area contributed by atoms with Crippen molar-refractivity contribution in [3.63, 3.8) is 0 Å². The molecule has 17 heavy (non-hydrogen) atoms. The van der Waals surface area contributed by atoms with Gasteiger partial charge >= 0.3 is 0 Å². The summed E-state index contributed by atoms with van der Waals surface area (Å²) in [5.74, 6) is 0.342. The average Bonchev–Trinajstić information content (AvgIpc) is 2.80. The van der Waals surface area contributed by atoms with E-state index in [-0.39, 0.29) is 0 Å². The lowest BCUT2D eigenvalue weighted by Gasteiger charge is -2.50. The maximum absolute atomic E-state index is 11.2. The predicted octanol–water partition coefficient (Wildman–Crippen LogP) is 1.92. The van der Waals surface area contributed by atoms with Gasteiger partial charge in [-0.05, 0) is 32.2 Å². The number of hydrogen-bond acceptors (Lipinski definition) is 3. The summed E-state index contributed by atoms with van der Waals surface area (Å²) in [4.78, 5) is 2.44. The number of nitrogens with zero attached hydrogens (tertiary/aromatic N) is 2. The molecule has 3 aliphatic rings. The van der Waals surface area contributed by atoms with Gasteiger partial charge in [0, 0.05) is 19.0 Å². The first-order valence-electron chi connectivity index (χ1n) is 7.06. The Balaban J connectivity index is 1.92. The first-order chi connectivity index (χ1) is 8.20. The molecular formula is C14H22N2O. The number of fused-ring (bicyclic) bond motifs is 2. The Morgan fingerprint density at radius 1 is 1.12 bits per heavy atom. The smallest absolute Gasteiger partial charge is 0.0886 e. The van der Waals surface area contributed by atoms with Crippen LogP contribution in [0, 0.1) is 22.7 Å². The van der Waals surface area contributed by atoms with Gasteiger partial charge in [0.1, 0.15) is 0 Å². The lowest BCUT2D eigenvalue weighted by molar-refractivity contribution is -0.132. The van der Waals surface area contributed by atoms with E-state index >= 15 is 0 Å². The molecule has 0 aromatic heterocycles. The van der Waals surface area contributed by atoms with Gasteiger partial charge in [-0.2, -0.15) is 5.26 Å². The minimum atomic E-state index is -0.699. The second kappa shape index (κ2) is 3.96. The van der Waals surface area contributed by atoms with Crippen molar-refractivity contribution < 1.29 is 5.11 Å². The summed E-state index contributed by atoms with van der Waals surface area (Å²) in [5, 5.41) is 20.8. The molecule has 2 aliphatic heterocycles. The lowest BCUT2D eigenvalue weighted by Crippen LogP contribution is -2.58. The molecule has 3 fully saturated rings. The molecule has 3 heteroatoms. The lowest BCUT2D eigenvalue weighted by atomic mass is 9.58. The highest BCUT2D eigenvalue weighted by Gasteiger charge is 2.58. The number of piperidine rings is 1. The third kappa shape index (κ3) is 1.54. The highest BCUT2D eigenvalue weighted by atomic mass is 16.3. The fourth-order valence-corrected chi connectivity index (χ4v) is 4.39. The summed E-state index contributed by atoms with van der Waals surface area (Å²) < 4.78 is 0. The molecular weight excluding hydrogens is 212 g/mol. The largest absolute Gasteiger partial charge is 0.388 e. The van der Waals surface area contributed by atoms with Crippen LogP contribution in [0.1, 0.15) is 44.9 Å². The van der Waals surface area contributed by atoms with E-state index in [1.807, 2.05) is 0 Å². The molecule has 3 atom stereocenters. The predicted molar refractivity (Wildman–Crippen MR) is 65.2 cm³/mol. The fraction of sp³-hybridized carbons (Fsp3) is 0.929. The third-order valence-corrected chi connectivity index (χ3v) is 5.51. The highest BCUT2D eigenvalue weighted by Crippen LogP contribution is 2.53. The van der Waals surface area contributed by atoms with E-state index in [1.54, 1.807) is 0 Å². The van der Waals surface area contributed by atoms with Gasteiger partial charge in [-0.25, -0.2) is 0 Å². The standard InChI is InChI=1S/C14H22N2O/c15-11-13(5-2-1-3-6-13)14(17)7-9-16-8-4-12(14)10-16/h12,17H,1-10H2. The Morgan fingerprint density at radius 2 is 1.88 bits per heavy atom. The van der Waals surface area contributed by atoms with Crippen molar-refractivity contribution in [3.8, 4) is 6.07 Å². The van der Waals surface area contributed by atoms with Crippen molar-refractivity contribution >= 4 is 0 Å². The van der Waals surface area contributed by atoms with Gasteiger partial charge < -0.3 is 10.0 Å². The zero-order valence-corrected chi connectivity index (χ0v) is 10.5. The molecule has 1 aliphatic carbocycles. The Morgan fingerprint density at radius 3 is 2.59 bits per heavy atom. The zero-order valence-electron chi connectivity index (χ0n) is 10.5. The van der Waals surface area contributed by atoms with E-state index < -0.39 is 11.0 Å². The summed E-state index contributed by atoms with van der Waals surface area (Å²) in [5.41, 5.74) is -1.14. The van der Waals surface area contributed by atoms with Gasteiger partial charge in [-0.1, -0.05) is 19.3 Å². The van der Waals surface area contributed by atoms with Gasteiger partial charge in [-0.3, -0.25) is 0 Å². The molecule has 1 saturated carbocycles. The van der Waals surface area contributed by atoms with Crippen LogP contribution < -0.4 is 0 Å². The first kappa shape index (κ1) is 11.5. The average molecular weight is 234 g/mol. The van der Waals surface area contributed by atoms with Gasteiger partial charge in [-0.15, -0.1) is 0 Å². The van der Waals surface area contributed by atoms with Crippen molar-refractivity contribution in [3.05, 3.63) is 0 Å². The molecule has 3 rings (SSSR count). The van der Waals surface area contributed by atoms with Crippen molar-refractivity contribution in [1.82, 2.24) is 4.90 Å². The van der Waals surface area contributed by atoms with Gasteiger partial charge in [0.25, 0.3) is 0 Å². The molecule has 94 valence electrons. The van der Waals surface area contributed by atoms with Gasteiger partial charge in [0.2, 0.25) is 0 Å². The van der Waals surface area contributed by atoms with E-state index in [9.17, 15) is 10.4 Å². The Labute approximate surface area is 103 Å². The van der Waals surface area contributed by atoms with E-state index in [4.69, 9.17) is 0 Å². The summed E-state index contributed by atoms with van der Waals surface area (Å²) in [7, 11) is 0. The first-order valence-corrected chi connectivity index (χ1v) is 7.06. The van der Waals surface area contributed by atoms with E-state index in [2.05, 4.69) is 11.0 Å². The van der Waals surface area contributed by atoms with E-state index in [0.29, 0.717) is 5.92 Å². The Kier molecular flexibility index (Phi) is 2.68.